The maximum atomic E-state index is 12.6. The van der Waals surface area contributed by atoms with E-state index in [9.17, 15) is 9.90 Å². The number of carbonyl (C=O) groups excluding carboxylic acids is 1. The molecule has 0 atom stereocenters. The molecule has 0 saturated carbocycles. The van der Waals surface area contributed by atoms with Crippen molar-refractivity contribution in [3.05, 3.63) is 109 Å². The van der Waals surface area contributed by atoms with Crippen molar-refractivity contribution in [1.82, 2.24) is 4.90 Å². The summed E-state index contributed by atoms with van der Waals surface area (Å²) in [5.41, 5.74) is 4.58. The van der Waals surface area contributed by atoms with Crippen molar-refractivity contribution < 1.29 is 9.90 Å². The molecule has 1 saturated heterocycles. The quantitative estimate of drug-likeness (QED) is 0.241. The molecule has 0 bridgehead atoms. The summed E-state index contributed by atoms with van der Waals surface area (Å²) in [7, 11) is 0. The van der Waals surface area contributed by atoms with E-state index in [1.54, 1.807) is 6.21 Å². The van der Waals surface area contributed by atoms with E-state index in [2.05, 4.69) is 25.8 Å². The van der Waals surface area contributed by atoms with E-state index in [-0.39, 0.29) is 11.7 Å². The minimum absolute atomic E-state index is 0.116. The third-order valence-electron chi connectivity index (χ3n) is 6.37. The zero-order chi connectivity index (χ0) is 25.8. The zero-order valence-electron chi connectivity index (χ0n) is 20.0. The molecule has 1 fully saturated rings. The second-order valence-electron chi connectivity index (χ2n) is 8.81. The Morgan fingerprint density at radius 3 is 2.49 bits per heavy atom. The molecule has 37 heavy (non-hydrogen) atoms. The summed E-state index contributed by atoms with van der Waals surface area (Å²) in [5.74, 6) is 0.267. The van der Waals surface area contributed by atoms with Crippen molar-refractivity contribution in [2.75, 3.05) is 31.1 Å². The summed E-state index contributed by atoms with van der Waals surface area (Å²) in [6.45, 7) is 2.99. The first-order valence-corrected chi connectivity index (χ1v) is 14.0. The van der Waals surface area contributed by atoms with Crippen LogP contribution in [0.4, 0.5) is 11.4 Å². The van der Waals surface area contributed by atoms with E-state index >= 15 is 0 Å². The lowest BCUT2D eigenvalue weighted by Crippen LogP contribution is -2.48. The van der Waals surface area contributed by atoms with Gasteiger partial charge in [-0.15, -0.1) is 11.3 Å². The molecule has 1 aliphatic rings. The first kappa shape index (κ1) is 25.5. The third-order valence-corrected chi connectivity index (χ3v) is 8.20. The normalized spacial score (nSPS) is 13.9. The smallest absolute Gasteiger partial charge is 0.264 e. The number of piperazine rings is 1. The number of hydrogen-bond donors (Lipinski definition) is 1. The van der Waals surface area contributed by atoms with Gasteiger partial charge in [0.1, 0.15) is 5.75 Å². The van der Waals surface area contributed by atoms with Gasteiger partial charge < -0.3 is 14.9 Å². The molecule has 1 N–H and O–H groups in total. The van der Waals surface area contributed by atoms with Gasteiger partial charge in [0.15, 0.2) is 0 Å². The third kappa shape index (κ3) is 6.06. The maximum Gasteiger partial charge on any atom is 0.264 e. The molecule has 0 spiro atoms. The van der Waals surface area contributed by atoms with Gasteiger partial charge in [0.2, 0.25) is 0 Å². The predicted octanol–water partition coefficient (Wildman–Crippen LogP) is 7.17. The highest BCUT2D eigenvalue weighted by molar-refractivity contribution is 9.10. The topological polar surface area (TPSA) is 56.1 Å². The van der Waals surface area contributed by atoms with Crippen LogP contribution in [0.5, 0.6) is 5.75 Å². The molecule has 0 radical (unpaired) electrons. The Bertz CT molecular complexity index is 1420. The number of phenols is 1. The minimum atomic E-state index is 0.116. The van der Waals surface area contributed by atoms with E-state index < -0.39 is 0 Å². The number of benzene rings is 3. The van der Waals surface area contributed by atoms with E-state index in [0.717, 1.165) is 45.5 Å². The van der Waals surface area contributed by atoms with E-state index in [1.165, 1.54) is 11.3 Å². The number of anilines is 1. The average Bonchev–Trinajstić information content (AvgIpc) is 3.46. The molecule has 1 aliphatic heterocycles. The van der Waals surface area contributed by atoms with Gasteiger partial charge in [-0.25, -0.2) is 0 Å². The zero-order valence-corrected chi connectivity index (χ0v) is 23.1. The van der Waals surface area contributed by atoms with Crippen LogP contribution < -0.4 is 4.90 Å². The van der Waals surface area contributed by atoms with E-state index in [1.807, 2.05) is 83.1 Å². The second-order valence-corrected chi connectivity index (χ2v) is 11.0. The van der Waals surface area contributed by atoms with Gasteiger partial charge >= 0.3 is 0 Å². The van der Waals surface area contributed by atoms with Crippen molar-refractivity contribution in [2.45, 2.75) is 6.42 Å². The summed E-state index contributed by atoms with van der Waals surface area (Å²) in [4.78, 5) is 22.2. The van der Waals surface area contributed by atoms with Crippen LogP contribution in [0.15, 0.2) is 87.6 Å². The van der Waals surface area contributed by atoms with Gasteiger partial charge in [0.25, 0.3) is 5.91 Å². The molecular weight excluding hydrogens is 570 g/mol. The summed E-state index contributed by atoms with van der Waals surface area (Å²) in [6, 6.07) is 23.4. The molecule has 3 aromatic carbocycles. The SMILES string of the molecule is O=C(c1cccs1)N1CCN(c2ccc(N=Cc3cc(Cc4ccccc4Cl)cc(Br)c3O)cc2)CC1. The van der Waals surface area contributed by atoms with Crippen molar-refractivity contribution in [1.29, 1.82) is 0 Å². The first-order chi connectivity index (χ1) is 18.0. The van der Waals surface area contributed by atoms with Crippen LogP contribution in [0.1, 0.15) is 26.4 Å². The molecular formula is C29H25BrClN3O2S. The highest BCUT2D eigenvalue weighted by Gasteiger charge is 2.22. The Kier molecular flexibility index (Phi) is 7.93. The number of aliphatic imine (C=N–C) groups is 1. The average molecular weight is 595 g/mol. The Morgan fingerprint density at radius 2 is 1.78 bits per heavy atom. The number of hydrogen-bond acceptors (Lipinski definition) is 5. The Morgan fingerprint density at radius 1 is 1.03 bits per heavy atom. The number of aromatic hydroxyl groups is 1. The number of rotatable bonds is 6. The Labute approximate surface area is 233 Å². The highest BCUT2D eigenvalue weighted by Crippen LogP contribution is 2.31. The van der Waals surface area contributed by atoms with Crippen molar-refractivity contribution in [2.24, 2.45) is 4.99 Å². The number of amides is 1. The Balaban J connectivity index is 1.23. The van der Waals surface area contributed by atoms with Gasteiger partial charge in [-0.05, 0) is 87.4 Å². The minimum Gasteiger partial charge on any atom is -0.506 e. The molecule has 1 aromatic heterocycles. The molecule has 5 rings (SSSR count). The second kappa shape index (κ2) is 11.5. The van der Waals surface area contributed by atoms with Gasteiger partial charge in [-0.1, -0.05) is 35.9 Å². The van der Waals surface area contributed by atoms with Crippen LogP contribution in [-0.4, -0.2) is 48.3 Å². The van der Waals surface area contributed by atoms with Crippen LogP contribution in [-0.2, 0) is 6.42 Å². The summed E-state index contributed by atoms with van der Waals surface area (Å²) in [6.07, 6.45) is 2.33. The standard InChI is InChI=1S/C29H25BrClN3O2S/c30-25-18-20(16-21-4-1-2-5-26(21)31)17-22(28(25)35)19-32-23-7-9-24(10-8-23)33-11-13-34(14-12-33)29(36)27-6-3-15-37-27/h1-10,15,17-19,35H,11-14,16H2. The summed E-state index contributed by atoms with van der Waals surface area (Å²) >= 11 is 11.3. The number of carbonyl (C=O) groups is 1. The van der Waals surface area contributed by atoms with Gasteiger partial charge in [-0.2, -0.15) is 0 Å². The van der Waals surface area contributed by atoms with Crippen molar-refractivity contribution >= 4 is 62.4 Å². The van der Waals surface area contributed by atoms with Crippen molar-refractivity contribution in [3.63, 3.8) is 0 Å². The lowest BCUT2D eigenvalue weighted by Gasteiger charge is -2.36. The maximum absolute atomic E-state index is 12.6. The van der Waals surface area contributed by atoms with Crippen LogP contribution in [0.25, 0.3) is 0 Å². The molecule has 188 valence electrons. The largest absolute Gasteiger partial charge is 0.506 e. The highest BCUT2D eigenvalue weighted by atomic mass is 79.9. The fraction of sp³-hybridized carbons (Fsp3) is 0.172. The monoisotopic (exact) mass is 593 g/mol. The van der Waals surface area contributed by atoms with Crippen LogP contribution in [0, 0.1) is 0 Å². The number of nitrogens with zero attached hydrogens (tertiary/aromatic N) is 3. The molecule has 0 unspecified atom stereocenters. The molecule has 5 nitrogen and oxygen atoms in total. The number of halogens is 2. The summed E-state index contributed by atoms with van der Waals surface area (Å²) < 4.78 is 0.616. The van der Waals surface area contributed by atoms with Crippen LogP contribution >= 0.6 is 38.9 Å². The fourth-order valence-corrected chi connectivity index (χ4v) is 5.77. The van der Waals surface area contributed by atoms with E-state index in [0.29, 0.717) is 29.5 Å². The van der Waals surface area contributed by atoms with Gasteiger partial charge in [0, 0.05) is 48.7 Å². The molecule has 8 heteroatoms. The summed E-state index contributed by atoms with van der Waals surface area (Å²) in [5, 5.41) is 13.2. The molecule has 4 aromatic rings. The molecule has 2 heterocycles. The lowest BCUT2D eigenvalue weighted by atomic mass is 10.0. The van der Waals surface area contributed by atoms with Gasteiger partial charge in [-0.3, -0.25) is 9.79 Å². The van der Waals surface area contributed by atoms with Gasteiger partial charge in [0.05, 0.1) is 15.0 Å². The number of phenolic OH excluding ortho intramolecular Hbond substituents is 1. The number of thiophene rings is 1. The lowest BCUT2D eigenvalue weighted by molar-refractivity contribution is 0.0751. The fourth-order valence-electron chi connectivity index (χ4n) is 4.36. The predicted molar refractivity (Wildman–Crippen MR) is 156 cm³/mol. The first-order valence-electron chi connectivity index (χ1n) is 11.9. The van der Waals surface area contributed by atoms with E-state index in [4.69, 9.17) is 11.6 Å². The molecule has 1 amide bonds. The molecule has 0 aliphatic carbocycles. The van der Waals surface area contributed by atoms with Crippen molar-refractivity contribution in [3.8, 4) is 5.75 Å². The Hall–Kier alpha value is -3.13. The van der Waals surface area contributed by atoms with Crippen LogP contribution in [0.3, 0.4) is 0 Å². The van der Waals surface area contributed by atoms with Crippen LogP contribution in [0.2, 0.25) is 5.02 Å².